The first-order valence-corrected chi connectivity index (χ1v) is 27.8. The number of nitrogens with one attached hydrogen (secondary N) is 3. The number of carbonyl (C=O) groups excluding carboxylic acids is 4. The van der Waals surface area contributed by atoms with Crippen molar-refractivity contribution in [3.63, 3.8) is 0 Å². The van der Waals surface area contributed by atoms with E-state index >= 15 is 9.59 Å². The minimum atomic E-state index is -0.596. The van der Waals surface area contributed by atoms with Gasteiger partial charge in [-0.3, -0.25) is 9.59 Å². The molecule has 10 heteroatoms. The van der Waals surface area contributed by atoms with E-state index in [0.29, 0.717) is 56.6 Å². The van der Waals surface area contributed by atoms with Crippen molar-refractivity contribution in [3.05, 3.63) is 161 Å². The van der Waals surface area contributed by atoms with E-state index in [4.69, 9.17) is 14.5 Å². The maximum Gasteiger partial charge on any atom is 0.342 e. The second kappa shape index (κ2) is 22.3. The number of nitrogens with zero attached hydrogens (tertiary/aromatic N) is 1. The van der Waals surface area contributed by atoms with Gasteiger partial charge in [0.05, 0.1) is 11.4 Å². The summed E-state index contributed by atoms with van der Waals surface area (Å²) in [6.07, 6.45) is 4.51. The number of anilines is 1. The highest BCUT2D eigenvalue weighted by molar-refractivity contribution is 6.32. The van der Waals surface area contributed by atoms with Gasteiger partial charge >= 0.3 is 11.9 Å². The normalized spacial score (nSPS) is 23.8. The van der Waals surface area contributed by atoms with Gasteiger partial charge in [-0.25, -0.2) is 14.6 Å². The van der Waals surface area contributed by atoms with Gasteiger partial charge in [0.15, 0.2) is 0 Å². The van der Waals surface area contributed by atoms with Crippen molar-refractivity contribution in [1.29, 1.82) is 0 Å². The van der Waals surface area contributed by atoms with Crippen LogP contribution in [0.5, 0.6) is 0 Å². The number of hydrogen-bond acceptors (Lipinski definition) is 7. The standard InChI is InChI=1S/C67H82N4O6/c1-40-35-46(64(3,4)5)56(47(36-40)65(6,7)8)76-62(74)54-52(42-27-19-15-20-28-42)50(68-58(54)70-60(72)44-31-23-17-24-32-44)39-51-53(43-29-21-16-22-30-43)55(59(69-51)71-61(73)45-33-25-18-26-34-45)63(75)77-57-48(66(9,10)11)37-41(2)38-49(57)67(12,13)14/h15-34,39-41,46-49,56-57,68H,35-38H2,1-14H3,(H,70,72)(H,69,71,73)/b51-39-. The molecule has 2 fully saturated rings. The van der Waals surface area contributed by atoms with Gasteiger partial charge in [-0.05, 0) is 101 Å². The first-order valence-electron chi connectivity index (χ1n) is 27.8. The third-order valence-corrected chi connectivity index (χ3v) is 16.5. The van der Waals surface area contributed by atoms with Gasteiger partial charge in [-0.15, -0.1) is 0 Å². The summed E-state index contributed by atoms with van der Waals surface area (Å²) in [5.41, 5.74) is 3.29. The largest absolute Gasteiger partial charge is 0.458 e. The fraction of sp³-hybridized carbons (Fsp3) is 0.448. The molecule has 0 saturated heterocycles. The first kappa shape index (κ1) is 56.4. The zero-order valence-corrected chi connectivity index (χ0v) is 48.0. The van der Waals surface area contributed by atoms with E-state index < -0.39 is 36.0 Å². The second-order valence-corrected chi connectivity index (χ2v) is 26.6. The lowest BCUT2D eigenvalue weighted by atomic mass is 9.59. The summed E-state index contributed by atoms with van der Waals surface area (Å²) >= 11 is 0. The van der Waals surface area contributed by atoms with E-state index in [9.17, 15) is 9.59 Å². The van der Waals surface area contributed by atoms with Crippen LogP contribution in [0.25, 0.3) is 22.8 Å². The van der Waals surface area contributed by atoms with E-state index in [1.54, 1.807) is 54.6 Å². The van der Waals surface area contributed by atoms with Gasteiger partial charge in [0.1, 0.15) is 35.0 Å². The maximum absolute atomic E-state index is 15.7. The third kappa shape index (κ3) is 12.6. The van der Waals surface area contributed by atoms with Crippen LogP contribution in [0.1, 0.15) is 165 Å². The Labute approximate surface area is 458 Å². The van der Waals surface area contributed by atoms with Crippen LogP contribution in [0.15, 0.2) is 138 Å². The van der Waals surface area contributed by atoms with Crippen molar-refractivity contribution in [1.82, 2.24) is 10.3 Å². The zero-order valence-electron chi connectivity index (χ0n) is 48.0. The molecule has 10 nitrogen and oxygen atoms in total. The molecule has 3 N–H and O–H groups in total. The lowest BCUT2D eigenvalue weighted by Crippen LogP contribution is -2.50. The quantitative estimate of drug-likeness (QED) is 0.119. The molecule has 4 aromatic carbocycles. The molecule has 4 unspecified atom stereocenters. The van der Waals surface area contributed by atoms with Crippen molar-refractivity contribution < 1.29 is 28.7 Å². The summed E-state index contributed by atoms with van der Waals surface area (Å²) in [5, 5.41) is 6.14. The molecular formula is C67H82N4O6. The number of esters is 2. The van der Waals surface area contributed by atoms with E-state index in [2.05, 4.69) is 113 Å². The summed E-state index contributed by atoms with van der Waals surface area (Å²) in [6, 6.07) is 36.8. The van der Waals surface area contributed by atoms with Crippen LogP contribution in [0.3, 0.4) is 0 Å². The molecule has 3 aliphatic rings. The molecule has 0 radical (unpaired) electrons. The van der Waals surface area contributed by atoms with Crippen molar-refractivity contribution in [2.45, 2.75) is 135 Å². The fourth-order valence-electron chi connectivity index (χ4n) is 12.4. The predicted octanol–water partition coefficient (Wildman–Crippen LogP) is 15.5. The highest BCUT2D eigenvalue weighted by Gasteiger charge is 2.50. The molecule has 406 valence electrons. The highest BCUT2D eigenvalue weighted by Crippen LogP contribution is 2.52. The number of ether oxygens (including phenoxy) is 2. The van der Waals surface area contributed by atoms with Crippen LogP contribution in [0.4, 0.5) is 5.82 Å². The van der Waals surface area contributed by atoms with Crippen molar-refractivity contribution in [2.75, 3.05) is 5.32 Å². The molecule has 1 aliphatic heterocycles. The van der Waals surface area contributed by atoms with Gasteiger partial charge in [0.2, 0.25) is 0 Å². The van der Waals surface area contributed by atoms with Crippen LogP contribution in [-0.2, 0) is 14.3 Å². The number of amidine groups is 1. The minimum Gasteiger partial charge on any atom is -0.458 e. The summed E-state index contributed by atoms with van der Waals surface area (Å²) in [6.45, 7) is 31.2. The molecule has 8 rings (SSSR count). The number of aliphatic imine (C=N–C) groups is 1. The number of amides is 2. The van der Waals surface area contributed by atoms with Crippen molar-refractivity contribution >= 4 is 47.1 Å². The van der Waals surface area contributed by atoms with Crippen molar-refractivity contribution in [3.8, 4) is 11.1 Å². The Morgan fingerprint density at radius 2 is 0.896 bits per heavy atom. The molecule has 5 aromatic rings. The monoisotopic (exact) mass is 1040 g/mol. The van der Waals surface area contributed by atoms with Crippen LogP contribution >= 0.6 is 0 Å². The number of H-pyrrole nitrogens is 1. The van der Waals surface area contributed by atoms with Crippen LogP contribution in [-0.4, -0.2) is 46.8 Å². The van der Waals surface area contributed by atoms with Gasteiger partial charge in [0, 0.05) is 45.9 Å². The fourth-order valence-corrected chi connectivity index (χ4v) is 12.4. The minimum absolute atomic E-state index is 0.0378. The zero-order chi connectivity index (χ0) is 55.8. The Kier molecular flexibility index (Phi) is 16.3. The lowest BCUT2D eigenvalue weighted by Gasteiger charge is -2.50. The number of aromatic nitrogens is 1. The predicted molar refractivity (Wildman–Crippen MR) is 311 cm³/mol. The molecule has 2 aliphatic carbocycles. The Hall–Kier alpha value is -6.81. The van der Waals surface area contributed by atoms with E-state index in [-0.39, 0.29) is 68.1 Å². The average Bonchev–Trinajstić information content (AvgIpc) is 3.96. The third-order valence-electron chi connectivity index (χ3n) is 16.5. The summed E-state index contributed by atoms with van der Waals surface area (Å²) in [7, 11) is 0. The SMILES string of the molecule is CC1CC(C(C)(C)C)C(OC(=O)C2=C(c3ccccc3)/C(=C/c3[nH]c(NC(=O)c4ccccc4)c(C(=O)OC4C(C(C)(C)C)CC(C)CC4C(C)(C)C)c3-c3ccccc3)N=C2NC(=O)c2ccccc2)C(C(C)(C)C)C1. The molecule has 4 atom stereocenters. The summed E-state index contributed by atoms with van der Waals surface area (Å²) in [4.78, 5) is 68.7. The number of aromatic amines is 1. The van der Waals surface area contributed by atoms with Gasteiger partial charge in [-0.1, -0.05) is 194 Å². The maximum atomic E-state index is 15.7. The number of hydrogen-bond donors (Lipinski definition) is 3. The number of allylic oxidation sites excluding steroid dienone is 1. The van der Waals surface area contributed by atoms with Gasteiger partial charge in [0.25, 0.3) is 11.8 Å². The molecular weight excluding hydrogens is 957 g/mol. The Morgan fingerprint density at radius 3 is 1.31 bits per heavy atom. The highest BCUT2D eigenvalue weighted by atomic mass is 16.5. The Balaban J connectivity index is 1.37. The van der Waals surface area contributed by atoms with Crippen LogP contribution in [0, 0.1) is 57.2 Å². The van der Waals surface area contributed by atoms with E-state index in [0.717, 1.165) is 25.7 Å². The van der Waals surface area contributed by atoms with E-state index in [1.807, 2.05) is 72.8 Å². The molecule has 0 bridgehead atoms. The molecule has 2 heterocycles. The summed E-state index contributed by atoms with van der Waals surface area (Å²) < 4.78 is 14.0. The smallest absolute Gasteiger partial charge is 0.342 e. The van der Waals surface area contributed by atoms with Crippen molar-refractivity contribution in [2.24, 2.45) is 62.2 Å². The van der Waals surface area contributed by atoms with Gasteiger partial charge < -0.3 is 25.1 Å². The van der Waals surface area contributed by atoms with Gasteiger partial charge in [-0.2, -0.15) is 0 Å². The van der Waals surface area contributed by atoms with Crippen LogP contribution in [0.2, 0.25) is 0 Å². The second-order valence-electron chi connectivity index (χ2n) is 26.6. The Bertz CT molecular complexity index is 2990. The van der Waals surface area contributed by atoms with E-state index in [1.165, 1.54) is 0 Å². The molecule has 2 amide bonds. The lowest BCUT2D eigenvalue weighted by molar-refractivity contribution is -0.164. The molecule has 2 saturated carbocycles. The average molecular weight is 1040 g/mol. The molecule has 77 heavy (non-hydrogen) atoms. The number of carbonyl (C=O) groups is 4. The van der Waals surface area contributed by atoms with Crippen LogP contribution < -0.4 is 10.6 Å². The first-order chi connectivity index (χ1) is 36.2. The number of rotatable bonds is 10. The summed E-state index contributed by atoms with van der Waals surface area (Å²) in [5.74, 6) is -0.825. The molecule has 0 spiro atoms. The Morgan fingerprint density at radius 1 is 0.519 bits per heavy atom. The topological polar surface area (TPSA) is 139 Å². The molecule has 1 aromatic heterocycles. The number of benzene rings is 4.